The van der Waals surface area contributed by atoms with Crippen molar-refractivity contribution in [1.29, 1.82) is 0 Å². The zero-order valence-electron chi connectivity index (χ0n) is 8.20. The topological polar surface area (TPSA) is 60.2 Å². The Balaban J connectivity index is 2.67. The van der Waals surface area contributed by atoms with Crippen LogP contribution in [0.4, 0.5) is 6.01 Å². The molecule has 0 aliphatic carbocycles. The fourth-order valence-electron chi connectivity index (χ4n) is 1.08. The molecule has 1 unspecified atom stereocenters. The Kier molecular flexibility index (Phi) is 3.70. The third kappa shape index (κ3) is 2.42. The molecule has 0 radical (unpaired) electrons. The maximum atomic E-state index is 5.22. The molecule has 74 valence electrons. The summed E-state index contributed by atoms with van der Waals surface area (Å²) in [4.78, 5) is 4.10. The molecule has 0 amide bonds. The largest absolute Gasteiger partial charge is 0.373 e. The van der Waals surface area contributed by atoms with E-state index in [-0.39, 0.29) is 6.10 Å². The van der Waals surface area contributed by atoms with Crippen LogP contribution in [-0.2, 0) is 4.74 Å². The molecule has 5 nitrogen and oxygen atoms in total. The van der Waals surface area contributed by atoms with E-state index in [9.17, 15) is 0 Å². The zero-order valence-corrected chi connectivity index (χ0v) is 8.20. The lowest BCUT2D eigenvalue weighted by Gasteiger charge is -2.08. The molecule has 1 atom stereocenters. The molecule has 1 heterocycles. The highest BCUT2D eigenvalue weighted by atomic mass is 16.5. The number of anilines is 1. The van der Waals surface area contributed by atoms with Gasteiger partial charge in [0.05, 0.1) is 0 Å². The van der Waals surface area contributed by atoms with Gasteiger partial charge in [-0.3, -0.25) is 0 Å². The van der Waals surface area contributed by atoms with Crippen molar-refractivity contribution in [3.63, 3.8) is 0 Å². The summed E-state index contributed by atoms with van der Waals surface area (Å²) in [5, 5.41) is 6.58. The lowest BCUT2D eigenvalue weighted by Crippen LogP contribution is -2.03. The summed E-state index contributed by atoms with van der Waals surface area (Å²) >= 11 is 0. The second kappa shape index (κ2) is 4.81. The van der Waals surface area contributed by atoms with Crippen LogP contribution in [-0.4, -0.2) is 24.3 Å². The first-order valence-electron chi connectivity index (χ1n) is 4.36. The molecule has 1 N–H and O–H groups in total. The van der Waals surface area contributed by atoms with Crippen LogP contribution in [0.3, 0.4) is 0 Å². The van der Waals surface area contributed by atoms with Crippen LogP contribution in [0, 0.1) is 0 Å². The van der Waals surface area contributed by atoms with Gasteiger partial charge in [0.25, 0.3) is 0 Å². The third-order valence-electron chi connectivity index (χ3n) is 1.78. The first-order chi connectivity index (χ1) is 6.31. The second-order valence-corrected chi connectivity index (χ2v) is 2.72. The van der Waals surface area contributed by atoms with Crippen LogP contribution in [0.5, 0.6) is 0 Å². The van der Waals surface area contributed by atoms with Crippen LogP contribution in [0.15, 0.2) is 4.52 Å². The van der Waals surface area contributed by atoms with E-state index < -0.39 is 0 Å². The van der Waals surface area contributed by atoms with Crippen molar-refractivity contribution >= 4 is 6.01 Å². The fourth-order valence-corrected chi connectivity index (χ4v) is 1.08. The van der Waals surface area contributed by atoms with Crippen molar-refractivity contribution in [3.8, 4) is 0 Å². The van der Waals surface area contributed by atoms with Gasteiger partial charge in [-0.05, 0) is 6.42 Å². The summed E-state index contributed by atoms with van der Waals surface area (Å²) < 4.78 is 10.1. The first kappa shape index (κ1) is 9.98. The second-order valence-electron chi connectivity index (χ2n) is 2.72. The Labute approximate surface area is 77.5 Å². The lowest BCUT2D eigenvalue weighted by molar-refractivity contribution is 0.0854. The lowest BCUT2D eigenvalue weighted by atomic mass is 10.2. The summed E-state index contributed by atoms with van der Waals surface area (Å²) in [7, 11) is 3.38. The molecule has 0 aliphatic heterocycles. The molecular formula is C8H15N3O2. The normalized spacial score (nSPS) is 12.8. The van der Waals surface area contributed by atoms with Crippen molar-refractivity contribution in [2.45, 2.75) is 25.9 Å². The minimum absolute atomic E-state index is 0.0594. The molecule has 0 aliphatic rings. The Morgan fingerprint density at radius 3 is 2.85 bits per heavy atom. The van der Waals surface area contributed by atoms with Crippen LogP contribution in [0.2, 0.25) is 0 Å². The predicted octanol–water partition coefficient (Wildman–Crippen LogP) is 1.60. The molecule has 13 heavy (non-hydrogen) atoms. The minimum atomic E-state index is -0.0594. The van der Waals surface area contributed by atoms with Crippen molar-refractivity contribution in [1.82, 2.24) is 10.1 Å². The first-order valence-corrected chi connectivity index (χ1v) is 4.36. The number of aromatic nitrogens is 2. The highest BCUT2D eigenvalue weighted by Crippen LogP contribution is 2.19. The van der Waals surface area contributed by atoms with Crippen molar-refractivity contribution in [3.05, 3.63) is 5.82 Å². The molecule has 1 rings (SSSR count). The summed E-state index contributed by atoms with van der Waals surface area (Å²) in [6, 6.07) is 0.424. The third-order valence-corrected chi connectivity index (χ3v) is 1.78. The Morgan fingerprint density at radius 2 is 2.38 bits per heavy atom. The quantitative estimate of drug-likeness (QED) is 0.755. The van der Waals surface area contributed by atoms with Gasteiger partial charge >= 0.3 is 6.01 Å². The molecule has 0 saturated heterocycles. The smallest absolute Gasteiger partial charge is 0.321 e. The summed E-state index contributed by atoms with van der Waals surface area (Å²) in [5.74, 6) is 0.605. The Bertz CT molecular complexity index is 249. The standard InChI is InChI=1S/C8H15N3O2/c1-4-5-6(12-3)7-10-8(9-2)13-11-7/h6H,4-5H2,1-3H3,(H,9,10,11). The van der Waals surface area contributed by atoms with E-state index >= 15 is 0 Å². The van der Waals surface area contributed by atoms with Gasteiger partial charge in [0, 0.05) is 14.2 Å². The van der Waals surface area contributed by atoms with E-state index in [1.54, 1.807) is 14.2 Å². The van der Waals surface area contributed by atoms with Gasteiger partial charge in [0.2, 0.25) is 5.82 Å². The van der Waals surface area contributed by atoms with Gasteiger partial charge in [0.15, 0.2) is 0 Å². The van der Waals surface area contributed by atoms with E-state index in [4.69, 9.17) is 9.26 Å². The highest BCUT2D eigenvalue weighted by Gasteiger charge is 2.15. The SMILES string of the molecule is CCCC(OC)c1noc(NC)n1. The molecule has 0 aromatic carbocycles. The van der Waals surface area contributed by atoms with Crippen LogP contribution in [0.25, 0.3) is 0 Å². The molecule has 0 spiro atoms. The van der Waals surface area contributed by atoms with Crippen molar-refractivity contribution in [2.75, 3.05) is 19.5 Å². The van der Waals surface area contributed by atoms with Gasteiger partial charge in [-0.2, -0.15) is 4.98 Å². The zero-order chi connectivity index (χ0) is 9.68. The van der Waals surface area contributed by atoms with Gasteiger partial charge < -0.3 is 14.6 Å². The number of rotatable bonds is 5. The number of ether oxygens (including phenoxy) is 1. The molecule has 0 saturated carbocycles. The van der Waals surface area contributed by atoms with Crippen LogP contribution in [0.1, 0.15) is 31.7 Å². The fraction of sp³-hybridized carbons (Fsp3) is 0.750. The number of nitrogens with zero attached hydrogens (tertiary/aromatic N) is 2. The molecule has 0 bridgehead atoms. The van der Waals surface area contributed by atoms with Crippen molar-refractivity contribution in [2.24, 2.45) is 0 Å². The van der Waals surface area contributed by atoms with E-state index in [0.717, 1.165) is 12.8 Å². The monoisotopic (exact) mass is 185 g/mol. The van der Waals surface area contributed by atoms with E-state index in [2.05, 4.69) is 22.4 Å². The Hall–Kier alpha value is -1.10. The number of hydrogen-bond acceptors (Lipinski definition) is 5. The molecule has 1 aromatic rings. The molecule has 0 fully saturated rings. The Morgan fingerprint density at radius 1 is 1.62 bits per heavy atom. The van der Waals surface area contributed by atoms with Crippen LogP contribution < -0.4 is 5.32 Å². The van der Waals surface area contributed by atoms with Gasteiger partial charge in [-0.15, -0.1) is 0 Å². The van der Waals surface area contributed by atoms with Crippen LogP contribution >= 0.6 is 0 Å². The highest BCUT2D eigenvalue weighted by molar-refractivity contribution is 5.16. The van der Waals surface area contributed by atoms with E-state index in [0.29, 0.717) is 11.8 Å². The van der Waals surface area contributed by atoms with E-state index in [1.807, 2.05) is 0 Å². The summed E-state index contributed by atoms with van der Waals surface area (Å²) in [5.41, 5.74) is 0. The van der Waals surface area contributed by atoms with Gasteiger partial charge in [0.1, 0.15) is 6.10 Å². The maximum Gasteiger partial charge on any atom is 0.321 e. The summed E-state index contributed by atoms with van der Waals surface area (Å²) in [6.07, 6.45) is 1.87. The minimum Gasteiger partial charge on any atom is -0.373 e. The van der Waals surface area contributed by atoms with Crippen molar-refractivity contribution < 1.29 is 9.26 Å². The predicted molar refractivity (Wildman–Crippen MR) is 48.5 cm³/mol. The molecule has 1 aromatic heterocycles. The average molecular weight is 185 g/mol. The number of methoxy groups -OCH3 is 1. The average Bonchev–Trinajstić information content (AvgIpc) is 2.62. The van der Waals surface area contributed by atoms with Gasteiger partial charge in [-0.25, -0.2) is 0 Å². The number of hydrogen-bond donors (Lipinski definition) is 1. The van der Waals surface area contributed by atoms with Gasteiger partial charge in [-0.1, -0.05) is 18.5 Å². The number of nitrogens with one attached hydrogen (secondary N) is 1. The van der Waals surface area contributed by atoms with E-state index in [1.165, 1.54) is 0 Å². The molecule has 5 heteroatoms. The summed E-state index contributed by atoms with van der Waals surface area (Å²) in [6.45, 7) is 2.09. The maximum absolute atomic E-state index is 5.22. The molecular weight excluding hydrogens is 170 g/mol.